The van der Waals surface area contributed by atoms with Crippen LogP contribution in [-0.2, 0) is 14.8 Å². The zero-order valence-electron chi connectivity index (χ0n) is 15.9. The smallest absolute Gasteiger partial charge is 0.269 e. The molecule has 0 fully saturated rings. The fourth-order valence-electron chi connectivity index (χ4n) is 3.03. The topological polar surface area (TPSA) is 122 Å². The number of amidine groups is 1. The van der Waals surface area contributed by atoms with E-state index in [4.69, 9.17) is 0 Å². The first-order valence-electron chi connectivity index (χ1n) is 8.87. The van der Waals surface area contributed by atoms with Gasteiger partial charge in [0.2, 0.25) is 5.91 Å². The van der Waals surface area contributed by atoms with Crippen LogP contribution in [-0.4, -0.2) is 43.6 Å². The molecule has 0 aliphatic carbocycles. The summed E-state index contributed by atoms with van der Waals surface area (Å²) in [5, 5.41) is 10.9. The van der Waals surface area contributed by atoms with Crippen molar-refractivity contribution < 1.29 is 18.1 Å². The molecule has 0 saturated carbocycles. The van der Waals surface area contributed by atoms with Crippen LogP contribution >= 0.6 is 0 Å². The average molecular weight is 416 g/mol. The van der Waals surface area contributed by atoms with Crippen LogP contribution in [0.15, 0.2) is 58.4 Å². The van der Waals surface area contributed by atoms with Crippen LogP contribution < -0.4 is 4.72 Å². The molecule has 2 aromatic carbocycles. The number of amides is 1. The normalized spacial score (nSPS) is 16.7. The maximum absolute atomic E-state index is 12.5. The van der Waals surface area contributed by atoms with Crippen molar-refractivity contribution in [1.29, 1.82) is 0 Å². The van der Waals surface area contributed by atoms with Crippen molar-refractivity contribution in [2.75, 3.05) is 13.6 Å². The summed E-state index contributed by atoms with van der Waals surface area (Å²) >= 11 is 0. The molecule has 1 atom stereocenters. The van der Waals surface area contributed by atoms with E-state index in [0.717, 1.165) is 0 Å². The highest BCUT2D eigenvalue weighted by molar-refractivity contribution is 7.90. The van der Waals surface area contributed by atoms with Gasteiger partial charge < -0.3 is 4.90 Å². The number of hydrogen-bond acceptors (Lipinski definition) is 6. The standard InChI is InChI=1S/C19H20N4O5S/c1-13(14-6-5-7-15(12-14)23(25)26)22(2)18(24)10-11-20-19-16-8-3-4-9-17(16)29(27,28)21-19/h3-9,12-13H,10-11H2,1-2H3,(H,20,21). The molecule has 1 aliphatic heterocycles. The van der Waals surface area contributed by atoms with Crippen molar-refractivity contribution in [2.45, 2.75) is 24.3 Å². The molecule has 29 heavy (non-hydrogen) atoms. The first-order chi connectivity index (χ1) is 13.7. The Morgan fingerprint density at radius 2 is 1.97 bits per heavy atom. The Morgan fingerprint density at radius 3 is 2.69 bits per heavy atom. The first-order valence-corrected chi connectivity index (χ1v) is 10.4. The Balaban J connectivity index is 1.66. The van der Waals surface area contributed by atoms with Crippen LogP contribution in [0.4, 0.5) is 5.69 Å². The molecule has 152 valence electrons. The lowest BCUT2D eigenvalue weighted by Gasteiger charge is -2.25. The molecule has 0 bridgehead atoms. The molecular formula is C19H20N4O5S. The number of sulfonamides is 1. The van der Waals surface area contributed by atoms with Gasteiger partial charge in [-0.25, -0.2) is 8.42 Å². The number of non-ortho nitro benzene ring substituents is 1. The lowest BCUT2D eigenvalue weighted by molar-refractivity contribution is -0.384. The highest BCUT2D eigenvalue weighted by Gasteiger charge is 2.30. The number of fused-ring (bicyclic) bond motifs is 1. The molecule has 0 saturated heterocycles. The summed E-state index contributed by atoms with van der Waals surface area (Å²) in [4.78, 5) is 28.9. The van der Waals surface area contributed by atoms with E-state index in [9.17, 15) is 23.3 Å². The second-order valence-corrected chi connectivity index (χ2v) is 8.27. The van der Waals surface area contributed by atoms with Gasteiger partial charge in [-0.05, 0) is 24.6 Å². The number of nitrogens with zero attached hydrogens (tertiary/aromatic N) is 3. The van der Waals surface area contributed by atoms with E-state index in [1.807, 2.05) is 0 Å². The molecule has 0 radical (unpaired) electrons. The molecule has 1 unspecified atom stereocenters. The summed E-state index contributed by atoms with van der Waals surface area (Å²) in [6.07, 6.45) is 0.0726. The van der Waals surface area contributed by atoms with E-state index in [1.54, 1.807) is 44.3 Å². The predicted molar refractivity (Wildman–Crippen MR) is 107 cm³/mol. The third kappa shape index (κ3) is 4.27. The SMILES string of the molecule is CC(c1cccc([N+](=O)[O-])c1)N(C)C(=O)CCN=C1NS(=O)(=O)c2ccccc21. The van der Waals surface area contributed by atoms with E-state index in [0.29, 0.717) is 11.1 Å². The largest absolute Gasteiger partial charge is 0.339 e. The van der Waals surface area contributed by atoms with Crippen molar-refractivity contribution in [1.82, 2.24) is 9.62 Å². The Kier molecular flexibility index (Phi) is 5.64. The molecule has 10 heteroatoms. The summed E-state index contributed by atoms with van der Waals surface area (Å²) in [5.74, 6) is 0.0188. The van der Waals surface area contributed by atoms with Gasteiger partial charge >= 0.3 is 0 Å². The van der Waals surface area contributed by atoms with Crippen LogP contribution in [0.25, 0.3) is 0 Å². The summed E-state index contributed by atoms with van der Waals surface area (Å²) in [6.45, 7) is 1.89. The van der Waals surface area contributed by atoms with Gasteiger partial charge in [-0.2, -0.15) is 0 Å². The van der Waals surface area contributed by atoms with Crippen molar-refractivity contribution in [3.05, 3.63) is 69.8 Å². The van der Waals surface area contributed by atoms with Gasteiger partial charge in [-0.1, -0.05) is 24.3 Å². The van der Waals surface area contributed by atoms with Gasteiger partial charge in [0, 0.05) is 31.2 Å². The number of rotatable bonds is 6. The maximum Gasteiger partial charge on any atom is 0.269 e. The van der Waals surface area contributed by atoms with Crippen LogP contribution in [0.2, 0.25) is 0 Å². The Morgan fingerprint density at radius 1 is 1.24 bits per heavy atom. The second kappa shape index (κ2) is 8.00. The minimum absolute atomic E-state index is 0.0335. The molecule has 2 aromatic rings. The van der Waals surface area contributed by atoms with Gasteiger partial charge in [0.15, 0.2) is 0 Å². The lowest BCUT2D eigenvalue weighted by Crippen LogP contribution is -2.30. The van der Waals surface area contributed by atoms with E-state index < -0.39 is 14.9 Å². The Bertz CT molecular complexity index is 1100. The summed E-state index contributed by atoms with van der Waals surface area (Å²) < 4.78 is 26.5. The van der Waals surface area contributed by atoms with Crippen LogP contribution in [0.3, 0.4) is 0 Å². The fourth-order valence-corrected chi connectivity index (χ4v) is 4.28. The van der Waals surface area contributed by atoms with Gasteiger partial charge in [0.25, 0.3) is 15.7 Å². The van der Waals surface area contributed by atoms with Crippen LogP contribution in [0, 0.1) is 10.1 Å². The lowest BCUT2D eigenvalue weighted by atomic mass is 10.1. The number of nitrogens with one attached hydrogen (secondary N) is 1. The zero-order chi connectivity index (χ0) is 21.2. The van der Waals surface area contributed by atoms with E-state index >= 15 is 0 Å². The van der Waals surface area contributed by atoms with Gasteiger partial charge in [0.1, 0.15) is 5.84 Å². The van der Waals surface area contributed by atoms with Crippen LogP contribution in [0.1, 0.15) is 30.5 Å². The number of hydrogen-bond donors (Lipinski definition) is 1. The molecule has 9 nitrogen and oxygen atoms in total. The number of aliphatic imine (C=N–C) groups is 1. The second-order valence-electron chi connectivity index (χ2n) is 6.61. The van der Waals surface area contributed by atoms with Crippen molar-refractivity contribution in [3.8, 4) is 0 Å². The summed E-state index contributed by atoms with van der Waals surface area (Å²) in [7, 11) is -2.00. The first kappa shape index (κ1) is 20.5. The Hall–Kier alpha value is -3.27. The number of benzene rings is 2. The summed E-state index contributed by atoms with van der Waals surface area (Å²) in [6, 6.07) is 12.3. The molecule has 1 heterocycles. The minimum atomic E-state index is -3.61. The summed E-state index contributed by atoms with van der Waals surface area (Å²) in [5.41, 5.74) is 1.10. The highest BCUT2D eigenvalue weighted by Crippen LogP contribution is 2.24. The van der Waals surface area contributed by atoms with E-state index in [2.05, 4.69) is 9.71 Å². The Labute approximate surface area is 168 Å². The highest BCUT2D eigenvalue weighted by atomic mass is 32.2. The van der Waals surface area contributed by atoms with Crippen LogP contribution in [0.5, 0.6) is 0 Å². The third-order valence-corrected chi connectivity index (χ3v) is 6.19. The van der Waals surface area contributed by atoms with Crippen molar-refractivity contribution >= 4 is 27.5 Å². The molecule has 3 rings (SSSR count). The van der Waals surface area contributed by atoms with Crippen molar-refractivity contribution in [2.24, 2.45) is 4.99 Å². The monoisotopic (exact) mass is 416 g/mol. The van der Waals surface area contributed by atoms with E-state index in [1.165, 1.54) is 23.1 Å². The zero-order valence-corrected chi connectivity index (χ0v) is 16.7. The number of carbonyl (C=O) groups excluding carboxylic acids is 1. The number of nitro benzene ring substituents is 1. The maximum atomic E-state index is 12.5. The molecule has 1 N–H and O–H groups in total. The van der Waals surface area contributed by atoms with Crippen molar-refractivity contribution in [3.63, 3.8) is 0 Å². The third-order valence-electron chi connectivity index (χ3n) is 4.80. The predicted octanol–water partition coefficient (Wildman–Crippen LogP) is 2.24. The molecule has 1 aliphatic rings. The number of nitro groups is 1. The number of carbonyl (C=O) groups is 1. The molecular weight excluding hydrogens is 396 g/mol. The molecule has 0 spiro atoms. The fraction of sp³-hybridized carbons (Fsp3) is 0.263. The van der Waals surface area contributed by atoms with Gasteiger partial charge in [-0.15, -0.1) is 0 Å². The average Bonchev–Trinajstić information content (AvgIpc) is 2.97. The minimum Gasteiger partial charge on any atom is -0.339 e. The van der Waals surface area contributed by atoms with E-state index in [-0.39, 0.29) is 41.3 Å². The van der Waals surface area contributed by atoms with Gasteiger partial charge in [-0.3, -0.25) is 24.6 Å². The molecule has 1 amide bonds. The quantitative estimate of drug-likeness (QED) is 0.572. The molecule has 0 aromatic heterocycles. The van der Waals surface area contributed by atoms with Gasteiger partial charge in [0.05, 0.1) is 22.4 Å².